The first-order valence-electron chi connectivity index (χ1n) is 6.48. The number of likely N-dealkylation sites (N-methyl/N-ethyl adjacent to an activating group) is 1. The second-order valence-electron chi connectivity index (χ2n) is 5.69. The molecule has 1 aromatic rings. The van der Waals surface area contributed by atoms with Gasteiger partial charge in [-0.05, 0) is 45.2 Å². The fourth-order valence-electron chi connectivity index (χ4n) is 2.36. The standard InChI is InChI=1S/C14H22N4O/c1-14(2)10-18(9-8-17(14)3)12-6-4-11(5-7-12)13(15)16-19/h4-7,19H,8-10H2,1-3H3,(H2,15,16). The SMILES string of the molecule is CN1CCN(c2ccc(C(N)=NO)cc2)CC1(C)C. The summed E-state index contributed by atoms with van der Waals surface area (Å²) in [4.78, 5) is 4.75. The molecule has 1 heterocycles. The Kier molecular flexibility index (Phi) is 3.66. The molecule has 0 aliphatic carbocycles. The second kappa shape index (κ2) is 5.09. The van der Waals surface area contributed by atoms with Crippen LogP contribution in [-0.4, -0.2) is 48.2 Å². The lowest BCUT2D eigenvalue weighted by atomic mass is 9.99. The number of piperazine rings is 1. The molecular weight excluding hydrogens is 240 g/mol. The Morgan fingerprint density at radius 3 is 2.42 bits per heavy atom. The summed E-state index contributed by atoms with van der Waals surface area (Å²) in [5.41, 5.74) is 7.65. The van der Waals surface area contributed by atoms with E-state index in [2.05, 4.69) is 35.9 Å². The monoisotopic (exact) mass is 262 g/mol. The summed E-state index contributed by atoms with van der Waals surface area (Å²) < 4.78 is 0. The zero-order valence-electron chi connectivity index (χ0n) is 11.8. The predicted molar refractivity (Wildman–Crippen MR) is 77.9 cm³/mol. The van der Waals surface area contributed by atoms with Crippen molar-refractivity contribution < 1.29 is 5.21 Å². The number of nitrogens with two attached hydrogens (primary N) is 1. The average molecular weight is 262 g/mol. The Labute approximate surface area is 114 Å². The van der Waals surface area contributed by atoms with Crippen molar-refractivity contribution in [2.75, 3.05) is 31.6 Å². The van der Waals surface area contributed by atoms with Crippen LogP contribution >= 0.6 is 0 Å². The molecule has 0 atom stereocenters. The van der Waals surface area contributed by atoms with E-state index >= 15 is 0 Å². The van der Waals surface area contributed by atoms with Crippen LogP contribution < -0.4 is 10.6 Å². The minimum absolute atomic E-state index is 0.144. The molecular formula is C14H22N4O. The highest BCUT2D eigenvalue weighted by Gasteiger charge is 2.30. The van der Waals surface area contributed by atoms with Crippen molar-refractivity contribution in [1.29, 1.82) is 0 Å². The molecule has 1 saturated heterocycles. The Hall–Kier alpha value is -1.75. The van der Waals surface area contributed by atoms with E-state index in [0.717, 1.165) is 25.2 Å². The van der Waals surface area contributed by atoms with Gasteiger partial charge in [-0.2, -0.15) is 0 Å². The highest BCUT2D eigenvalue weighted by Crippen LogP contribution is 2.24. The zero-order chi connectivity index (χ0) is 14.0. The van der Waals surface area contributed by atoms with Crippen LogP contribution in [0.2, 0.25) is 0 Å². The summed E-state index contributed by atoms with van der Waals surface area (Å²) in [7, 11) is 2.17. The van der Waals surface area contributed by atoms with Gasteiger partial charge in [0.05, 0.1) is 0 Å². The van der Waals surface area contributed by atoms with E-state index in [-0.39, 0.29) is 11.4 Å². The topological polar surface area (TPSA) is 65.1 Å². The van der Waals surface area contributed by atoms with Gasteiger partial charge in [-0.3, -0.25) is 4.90 Å². The fraction of sp³-hybridized carbons (Fsp3) is 0.500. The van der Waals surface area contributed by atoms with Crippen LogP contribution in [0.1, 0.15) is 19.4 Å². The number of nitrogens with zero attached hydrogens (tertiary/aromatic N) is 3. The van der Waals surface area contributed by atoms with Gasteiger partial charge < -0.3 is 15.8 Å². The summed E-state index contributed by atoms with van der Waals surface area (Å²) in [6.45, 7) is 7.57. The molecule has 1 aromatic carbocycles. The molecule has 104 valence electrons. The van der Waals surface area contributed by atoms with Crippen molar-refractivity contribution in [3.05, 3.63) is 29.8 Å². The Morgan fingerprint density at radius 1 is 1.26 bits per heavy atom. The lowest BCUT2D eigenvalue weighted by Gasteiger charge is -2.46. The first kappa shape index (κ1) is 13.7. The van der Waals surface area contributed by atoms with E-state index in [9.17, 15) is 0 Å². The minimum atomic E-state index is 0.144. The molecule has 0 radical (unpaired) electrons. The third kappa shape index (κ3) is 2.81. The van der Waals surface area contributed by atoms with Crippen LogP contribution in [0.3, 0.4) is 0 Å². The Bertz CT molecular complexity index is 467. The summed E-state index contributed by atoms with van der Waals surface area (Å²) in [6.07, 6.45) is 0. The predicted octanol–water partition coefficient (Wildman–Crippen LogP) is 1.31. The van der Waals surface area contributed by atoms with Crippen molar-refractivity contribution in [2.24, 2.45) is 10.9 Å². The van der Waals surface area contributed by atoms with Gasteiger partial charge in [0.1, 0.15) is 0 Å². The van der Waals surface area contributed by atoms with Crippen LogP contribution in [0.5, 0.6) is 0 Å². The van der Waals surface area contributed by atoms with E-state index in [1.54, 1.807) is 0 Å². The summed E-state index contributed by atoms with van der Waals surface area (Å²) in [5.74, 6) is 0.144. The summed E-state index contributed by atoms with van der Waals surface area (Å²) >= 11 is 0. The number of anilines is 1. The maximum Gasteiger partial charge on any atom is 0.170 e. The molecule has 0 saturated carbocycles. The van der Waals surface area contributed by atoms with Crippen molar-refractivity contribution in [3.63, 3.8) is 0 Å². The molecule has 1 aliphatic heterocycles. The highest BCUT2D eigenvalue weighted by atomic mass is 16.4. The van der Waals surface area contributed by atoms with Crippen molar-refractivity contribution in [2.45, 2.75) is 19.4 Å². The van der Waals surface area contributed by atoms with Crippen molar-refractivity contribution >= 4 is 11.5 Å². The van der Waals surface area contributed by atoms with Gasteiger partial charge >= 0.3 is 0 Å². The molecule has 0 unspecified atom stereocenters. The van der Waals surface area contributed by atoms with Gasteiger partial charge in [0.25, 0.3) is 0 Å². The summed E-state index contributed by atoms with van der Waals surface area (Å²) in [5, 5.41) is 11.7. The molecule has 0 aromatic heterocycles. The Balaban J connectivity index is 2.15. The van der Waals surface area contributed by atoms with E-state index in [1.807, 2.05) is 24.3 Å². The van der Waals surface area contributed by atoms with Gasteiger partial charge in [0, 0.05) is 36.4 Å². The molecule has 5 nitrogen and oxygen atoms in total. The molecule has 0 spiro atoms. The first-order valence-corrected chi connectivity index (χ1v) is 6.48. The molecule has 0 bridgehead atoms. The van der Waals surface area contributed by atoms with E-state index < -0.39 is 0 Å². The minimum Gasteiger partial charge on any atom is -0.409 e. The smallest absolute Gasteiger partial charge is 0.170 e. The molecule has 1 aliphatic rings. The van der Waals surface area contributed by atoms with Crippen LogP contribution in [0.15, 0.2) is 29.4 Å². The zero-order valence-corrected chi connectivity index (χ0v) is 11.8. The van der Waals surface area contributed by atoms with Crippen molar-refractivity contribution in [3.8, 4) is 0 Å². The third-order valence-electron chi connectivity index (χ3n) is 3.95. The van der Waals surface area contributed by atoms with Crippen molar-refractivity contribution in [1.82, 2.24) is 4.90 Å². The van der Waals surface area contributed by atoms with Crippen LogP contribution in [0.4, 0.5) is 5.69 Å². The number of hydrogen-bond donors (Lipinski definition) is 2. The number of benzene rings is 1. The molecule has 3 N–H and O–H groups in total. The van der Waals surface area contributed by atoms with E-state index in [1.165, 1.54) is 5.69 Å². The summed E-state index contributed by atoms with van der Waals surface area (Å²) in [6, 6.07) is 7.81. The molecule has 5 heteroatoms. The van der Waals surface area contributed by atoms with Crippen LogP contribution in [0, 0.1) is 0 Å². The number of amidine groups is 1. The maximum atomic E-state index is 8.65. The largest absolute Gasteiger partial charge is 0.409 e. The van der Waals surface area contributed by atoms with Gasteiger partial charge in [-0.15, -0.1) is 0 Å². The van der Waals surface area contributed by atoms with Gasteiger partial charge in [0.2, 0.25) is 0 Å². The van der Waals surface area contributed by atoms with Gasteiger partial charge in [-0.25, -0.2) is 0 Å². The number of hydrogen-bond acceptors (Lipinski definition) is 4. The fourth-order valence-corrected chi connectivity index (χ4v) is 2.36. The first-order chi connectivity index (χ1) is 8.94. The van der Waals surface area contributed by atoms with Crippen LogP contribution in [-0.2, 0) is 0 Å². The molecule has 19 heavy (non-hydrogen) atoms. The van der Waals surface area contributed by atoms with Gasteiger partial charge in [-0.1, -0.05) is 5.16 Å². The average Bonchev–Trinajstić information content (AvgIpc) is 2.41. The third-order valence-corrected chi connectivity index (χ3v) is 3.95. The Morgan fingerprint density at radius 2 is 1.89 bits per heavy atom. The number of rotatable bonds is 2. The van der Waals surface area contributed by atoms with E-state index in [4.69, 9.17) is 10.9 Å². The lowest BCUT2D eigenvalue weighted by Crippen LogP contribution is -2.57. The molecule has 2 rings (SSSR count). The lowest BCUT2D eigenvalue weighted by molar-refractivity contribution is 0.139. The number of oxime groups is 1. The molecule has 0 amide bonds. The second-order valence-corrected chi connectivity index (χ2v) is 5.69. The van der Waals surface area contributed by atoms with Crippen LogP contribution in [0.25, 0.3) is 0 Å². The highest BCUT2D eigenvalue weighted by molar-refractivity contribution is 5.97. The molecule has 1 fully saturated rings. The maximum absolute atomic E-state index is 8.65. The normalized spacial score (nSPS) is 20.6. The van der Waals surface area contributed by atoms with Gasteiger partial charge in [0.15, 0.2) is 5.84 Å². The quantitative estimate of drug-likeness (QED) is 0.365. The van der Waals surface area contributed by atoms with E-state index in [0.29, 0.717) is 0 Å².